The minimum Gasteiger partial charge on any atom is -0.368 e. The van der Waals surface area contributed by atoms with Gasteiger partial charge in [-0.3, -0.25) is 9.69 Å². The molecule has 1 amide bonds. The highest BCUT2D eigenvalue weighted by Gasteiger charge is 2.32. The van der Waals surface area contributed by atoms with Crippen LogP contribution < -0.4 is 11.1 Å². The zero-order valence-electron chi connectivity index (χ0n) is 13.8. The SMILES string of the molecule is CCCNC(C)(CCN1CC(C)N(C)C(C)C1)C(N)=O. The van der Waals surface area contributed by atoms with Gasteiger partial charge in [0.15, 0.2) is 0 Å². The number of nitrogens with one attached hydrogen (secondary N) is 1. The van der Waals surface area contributed by atoms with Crippen LogP contribution >= 0.6 is 0 Å². The summed E-state index contributed by atoms with van der Waals surface area (Å²) in [6.45, 7) is 12.4. The van der Waals surface area contributed by atoms with E-state index in [9.17, 15) is 4.79 Å². The Labute approximate surface area is 123 Å². The van der Waals surface area contributed by atoms with Crippen LogP contribution in [0.15, 0.2) is 0 Å². The largest absolute Gasteiger partial charge is 0.368 e. The molecule has 3 N–H and O–H groups in total. The van der Waals surface area contributed by atoms with Gasteiger partial charge < -0.3 is 16.0 Å². The third-order valence-electron chi connectivity index (χ3n) is 4.67. The summed E-state index contributed by atoms with van der Waals surface area (Å²) in [5, 5.41) is 3.30. The Morgan fingerprint density at radius 3 is 2.35 bits per heavy atom. The van der Waals surface area contributed by atoms with E-state index in [1.807, 2.05) is 6.92 Å². The number of rotatable bonds is 7. The number of likely N-dealkylation sites (N-methyl/N-ethyl adjacent to an activating group) is 1. The number of carbonyl (C=O) groups excluding carboxylic acids is 1. The van der Waals surface area contributed by atoms with Crippen LogP contribution in [0.25, 0.3) is 0 Å². The molecule has 1 saturated heterocycles. The molecule has 0 radical (unpaired) electrons. The topological polar surface area (TPSA) is 61.6 Å². The molecule has 1 fully saturated rings. The molecule has 5 nitrogen and oxygen atoms in total. The van der Waals surface area contributed by atoms with Gasteiger partial charge >= 0.3 is 0 Å². The molecule has 0 aromatic rings. The van der Waals surface area contributed by atoms with Crippen LogP contribution in [-0.2, 0) is 4.79 Å². The second kappa shape index (κ2) is 7.38. The van der Waals surface area contributed by atoms with Crippen molar-refractivity contribution in [2.45, 2.75) is 58.2 Å². The van der Waals surface area contributed by atoms with Gasteiger partial charge in [0.2, 0.25) is 5.91 Å². The molecule has 3 unspecified atom stereocenters. The molecule has 20 heavy (non-hydrogen) atoms. The molecule has 1 aliphatic rings. The monoisotopic (exact) mass is 284 g/mol. The molecular formula is C15H32N4O. The van der Waals surface area contributed by atoms with E-state index in [4.69, 9.17) is 5.73 Å². The molecule has 0 saturated carbocycles. The van der Waals surface area contributed by atoms with Gasteiger partial charge in [-0.25, -0.2) is 0 Å². The van der Waals surface area contributed by atoms with Gasteiger partial charge in [0, 0.05) is 31.7 Å². The molecule has 1 rings (SSSR count). The standard InChI is InChI=1S/C15H32N4O/c1-6-8-17-15(4,14(16)20)7-9-19-10-12(2)18(5)13(3)11-19/h12-13,17H,6-11H2,1-5H3,(H2,16,20). The summed E-state index contributed by atoms with van der Waals surface area (Å²) in [6, 6.07) is 1.12. The van der Waals surface area contributed by atoms with Crippen molar-refractivity contribution >= 4 is 5.91 Å². The Morgan fingerprint density at radius 2 is 1.90 bits per heavy atom. The van der Waals surface area contributed by atoms with Crippen molar-refractivity contribution in [1.29, 1.82) is 0 Å². The first-order valence-electron chi connectivity index (χ1n) is 7.79. The van der Waals surface area contributed by atoms with Crippen molar-refractivity contribution in [1.82, 2.24) is 15.1 Å². The quantitative estimate of drug-likeness (QED) is 0.720. The van der Waals surface area contributed by atoms with Gasteiger partial charge in [0.25, 0.3) is 0 Å². The first-order valence-corrected chi connectivity index (χ1v) is 7.79. The zero-order valence-corrected chi connectivity index (χ0v) is 13.8. The molecule has 0 spiro atoms. The number of nitrogens with zero attached hydrogens (tertiary/aromatic N) is 2. The van der Waals surface area contributed by atoms with Crippen LogP contribution in [0.4, 0.5) is 0 Å². The lowest BCUT2D eigenvalue weighted by molar-refractivity contribution is -0.124. The summed E-state index contributed by atoms with van der Waals surface area (Å²) in [6.07, 6.45) is 1.77. The summed E-state index contributed by atoms with van der Waals surface area (Å²) in [4.78, 5) is 16.6. The number of hydrogen-bond donors (Lipinski definition) is 2. The summed E-state index contributed by atoms with van der Waals surface area (Å²) in [7, 11) is 2.18. The van der Waals surface area contributed by atoms with Crippen LogP contribution in [0.2, 0.25) is 0 Å². The number of primary amides is 1. The molecule has 0 aromatic heterocycles. The maximum Gasteiger partial charge on any atom is 0.237 e. The number of carbonyl (C=O) groups is 1. The van der Waals surface area contributed by atoms with E-state index >= 15 is 0 Å². The number of hydrogen-bond acceptors (Lipinski definition) is 4. The number of nitrogens with two attached hydrogens (primary N) is 1. The molecule has 5 heteroatoms. The van der Waals surface area contributed by atoms with Crippen LogP contribution in [-0.4, -0.2) is 66.6 Å². The van der Waals surface area contributed by atoms with Crippen molar-refractivity contribution in [2.24, 2.45) is 5.73 Å². The smallest absolute Gasteiger partial charge is 0.237 e. The summed E-state index contributed by atoms with van der Waals surface area (Å²) in [5.41, 5.74) is 4.98. The van der Waals surface area contributed by atoms with Gasteiger partial charge in [0.05, 0.1) is 5.54 Å². The average Bonchev–Trinajstić information content (AvgIpc) is 2.39. The highest BCUT2D eigenvalue weighted by Crippen LogP contribution is 2.16. The summed E-state index contributed by atoms with van der Waals surface area (Å²) in [5.74, 6) is -0.249. The van der Waals surface area contributed by atoms with E-state index in [1.165, 1.54) is 0 Å². The van der Waals surface area contributed by atoms with Crippen molar-refractivity contribution in [2.75, 3.05) is 33.2 Å². The Bertz CT molecular complexity index is 311. The molecule has 0 bridgehead atoms. The van der Waals surface area contributed by atoms with E-state index < -0.39 is 5.54 Å². The Hall–Kier alpha value is -0.650. The van der Waals surface area contributed by atoms with Crippen LogP contribution in [0.1, 0.15) is 40.5 Å². The maximum absolute atomic E-state index is 11.7. The third-order valence-corrected chi connectivity index (χ3v) is 4.67. The Balaban J connectivity index is 2.53. The van der Waals surface area contributed by atoms with E-state index in [1.54, 1.807) is 0 Å². The molecular weight excluding hydrogens is 252 g/mol. The second-order valence-corrected chi connectivity index (χ2v) is 6.50. The second-order valence-electron chi connectivity index (χ2n) is 6.50. The van der Waals surface area contributed by atoms with E-state index in [0.29, 0.717) is 12.1 Å². The van der Waals surface area contributed by atoms with Gasteiger partial charge in [-0.15, -0.1) is 0 Å². The van der Waals surface area contributed by atoms with Crippen molar-refractivity contribution < 1.29 is 4.79 Å². The fourth-order valence-electron chi connectivity index (χ4n) is 2.78. The van der Waals surface area contributed by atoms with Crippen LogP contribution in [0.3, 0.4) is 0 Å². The number of piperazine rings is 1. The third kappa shape index (κ3) is 4.43. The van der Waals surface area contributed by atoms with Crippen molar-refractivity contribution in [3.63, 3.8) is 0 Å². The summed E-state index contributed by atoms with van der Waals surface area (Å²) < 4.78 is 0. The fourth-order valence-corrected chi connectivity index (χ4v) is 2.78. The van der Waals surface area contributed by atoms with Gasteiger partial charge in [-0.2, -0.15) is 0 Å². The Morgan fingerprint density at radius 1 is 1.35 bits per heavy atom. The maximum atomic E-state index is 11.7. The first-order chi connectivity index (χ1) is 9.30. The predicted octanol–water partition coefficient (Wildman–Crippen LogP) is 0.645. The molecule has 1 heterocycles. The highest BCUT2D eigenvalue weighted by molar-refractivity contribution is 5.84. The fraction of sp³-hybridized carbons (Fsp3) is 0.933. The molecule has 0 aromatic carbocycles. The first kappa shape index (κ1) is 17.4. The molecule has 0 aliphatic carbocycles. The van der Waals surface area contributed by atoms with Gasteiger partial charge in [-0.1, -0.05) is 6.92 Å². The van der Waals surface area contributed by atoms with E-state index in [2.05, 4.69) is 42.9 Å². The van der Waals surface area contributed by atoms with E-state index in [0.717, 1.165) is 39.0 Å². The minimum atomic E-state index is -0.591. The van der Waals surface area contributed by atoms with Crippen molar-refractivity contribution in [3.05, 3.63) is 0 Å². The van der Waals surface area contributed by atoms with Gasteiger partial charge in [-0.05, 0) is 47.2 Å². The lowest BCUT2D eigenvalue weighted by Gasteiger charge is -2.43. The average molecular weight is 284 g/mol. The lowest BCUT2D eigenvalue weighted by atomic mass is 9.95. The molecule has 118 valence electrons. The summed E-state index contributed by atoms with van der Waals surface area (Å²) >= 11 is 0. The predicted molar refractivity (Wildman–Crippen MR) is 83.6 cm³/mol. The lowest BCUT2D eigenvalue weighted by Crippen LogP contribution is -2.58. The Kier molecular flexibility index (Phi) is 6.43. The van der Waals surface area contributed by atoms with E-state index in [-0.39, 0.29) is 5.91 Å². The van der Waals surface area contributed by atoms with Crippen LogP contribution in [0.5, 0.6) is 0 Å². The normalized spacial score (nSPS) is 28.2. The highest BCUT2D eigenvalue weighted by atomic mass is 16.1. The van der Waals surface area contributed by atoms with Gasteiger partial charge in [0.1, 0.15) is 0 Å². The van der Waals surface area contributed by atoms with Crippen LogP contribution in [0, 0.1) is 0 Å². The molecule has 3 atom stereocenters. The zero-order chi connectivity index (χ0) is 15.3. The minimum absolute atomic E-state index is 0.249. The number of amides is 1. The molecule has 1 aliphatic heterocycles. The van der Waals surface area contributed by atoms with Crippen molar-refractivity contribution in [3.8, 4) is 0 Å².